The van der Waals surface area contributed by atoms with E-state index in [9.17, 15) is 29.4 Å². The monoisotopic (exact) mass is 673 g/mol. The Kier molecular flexibility index (Phi) is 12.3. The van der Waals surface area contributed by atoms with E-state index in [0.29, 0.717) is 48.3 Å². The third-order valence-corrected chi connectivity index (χ3v) is 7.64. The van der Waals surface area contributed by atoms with Crippen LogP contribution < -0.4 is 14.8 Å². The Labute approximate surface area is 246 Å². The fraction of sp³-hybridized carbons (Fsp3) is 0.556. The molecule has 13 heteroatoms. The van der Waals surface area contributed by atoms with Crippen LogP contribution in [0.4, 0.5) is 0 Å². The number of aliphatic hydroxyl groups is 2. The van der Waals surface area contributed by atoms with Gasteiger partial charge in [-0.3, -0.25) is 24.1 Å². The third kappa shape index (κ3) is 8.00. The maximum absolute atomic E-state index is 13.3. The van der Waals surface area contributed by atoms with Crippen molar-refractivity contribution in [3.63, 3.8) is 0 Å². The van der Waals surface area contributed by atoms with Gasteiger partial charge >= 0.3 is 0 Å². The third-order valence-electron chi connectivity index (χ3n) is 6.84. The molecule has 0 bridgehead atoms. The molecule has 3 atom stereocenters. The first-order chi connectivity index (χ1) is 19.2. The van der Waals surface area contributed by atoms with Gasteiger partial charge in [-0.1, -0.05) is 6.92 Å². The van der Waals surface area contributed by atoms with E-state index in [1.807, 2.05) is 22.6 Å². The molecule has 0 radical (unpaired) electrons. The number of aldehydes is 1. The Morgan fingerprint density at radius 2 is 2.00 bits per heavy atom. The number of benzene rings is 1. The van der Waals surface area contributed by atoms with Crippen molar-refractivity contribution in [2.24, 2.45) is 0 Å². The number of ketones is 1. The lowest BCUT2D eigenvalue weighted by atomic mass is 9.87. The number of nitrogens with one attached hydrogen (secondary N) is 1. The van der Waals surface area contributed by atoms with Crippen LogP contribution in [0, 0.1) is 3.57 Å². The van der Waals surface area contributed by atoms with Gasteiger partial charge in [-0.05, 0) is 40.8 Å². The van der Waals surface area contributed by atoms with Gasteiger partial charge in [0, 0.05) is 56.7 Å². The summed E-state index contributed by atoms with van der Waals surface area (Å²) in [5, 5.41) is 23.3. The van der Waals surface area contributed by atoms with E-state index in [4.69, 9.17) is 14.2 Å². The van der Waals surface area contributed by atoms with Crippen molar-refractivity contribution in [2.75, 3.05) is 59.7 Å². The smallest absolute Gasteiger partial charge is 0.290 e. The highest BCUT2D eigenvalue weighted by molar-refractivity contribution is 14.1. The summed E-state index contributed by atoms with van der Waals surface area (Å²) in [4.78, 5) is 53.6. The van der Waals surface area contributed by atoms with E-state index < -0.39 is 35.8 Å². The maximum atomic E-state index is 13.3. The number of aliphatic hydroxyl groups excluding tert-OH is 2. The van der Waals surface area contributed by atoms with Gasteiger partial charge in [-0.2, -0.15) is 0 Å². The summed E-state index contributed by atoms with van der Waals surface area (Å²) in [6, 6.07) is 2.13. The zero-order valence-corrected chi connectivity index (χ0v) is 24.8. The van der Waals surface area contributed by atoms with Gasteiger partial charge in [-0.25, -0.2) is 0 Å². The van der Waals surface area contributed by atoms with Crippen LogP contribution in [0.25, 0.3) is 0 Å². The fourth-order valence-electron chi connectivity index (χ4n) is 4.64. The van der Waals surface area contributed by atoms with Crippen LogP contribution in [0.2, 0.25) is 0 Å². The van der Waals surface area contributed by atoms with E-state index >= 15 is 0 Å². The quantitative estimate of drug-likeness (QED) is 0.150. The number of morpholine rings is 1. The number of ether oxygens (including phenoxy) is 3. The number of nitrogens with zero attached hydrogens (tertiary/aromatic N) is 2. The SMILES string of the molecule is CCC(=O)C(=O)N(CCN1CCOCC1)C1CC(C(=O)NCCO)=CC(Oc2c(I)cc(C=O)cc2OC)C1O. The van der Waals surface area contributed by atoms with Crippen LogP contribution in [0.5, 0.6) is 11.5 Å². The lowest BCUT2D eigenvalue weighted by molar-refractivity contribution is -0.149. The Balaban J connectivity index is 1.98. The molecule has 1 aromatic carbocycles. The van der Waals surface area contributed by atoms with Crippen LogP contribution >= 0.6 is 22.6 Å². The number of amides is 2. The number of halogens is 1. The number of hydrogen-bond acceptors (Lipinski definition) is 10. The molecule has 40 heavy (non-hydrogen) atoms. The highest BCUT2D eigenvalue weighted by Gasteiger charge is 2.42. The van der Waals surface area contributed by atoms with Gasteiger partial charge in [0.2, 0.25) is 11.7 Å². The molecular weight excluding hydrogens is 637 g/mol. The average molecular weight is 674 g/mol. The summed E-state index contributed by atoms with van der Waals surface area (Å²) in [7, 11) is 1.42. The largest absolute Gasteiger partial charge is 0.493 e. The van der Waals surface area contributed by atoms with E-state index in [1.165, 1.54) is 24.2 Å². The highest BCUT2D eigenvalue weighted by atomic mass is 127. The van der Waals surface area contributed by atoms with E-state index in [-0.39, 0.29) is 49.6 Å². The van der Waals surface area contributed by atoms with Crippen LogP contribution in [0.3, 0.4) is 0 Å². The minimum absolute atomic E-state index is 0.00616. The summed E-state index contributed by atoms with van der Waals surface area (Å²) in [5.41, 5.74) is 0.605. The molecule has 0 spiro atoms. The Bertz CT molecular complexity index is 1110. The van der Waals surface area contributed by atoms with Crippen molar-refractivity contribution in [1.82, 2.24) is 15.1 Å². The number of carbonyl (C=O) groups excluding carboxylic acids is 4. The molecule has 0 aromatic heterocycles. The highest BCUT2D eigenvalue weighted by Crippen LogP contribution is 2.37. The molecule has 1 fully saturated rings. The molecule has 1 aromatic rings. The van der Waals surface area contributed by atoms with Gasteiger partial charge in [0.1, 0.15) is 18.5 Å². The van der Waals surface area contributed by atoms with Crippen molar-refractivity contribution in [3.8, 4) is 11.5 Å². The second-order valence-electron chi connectivity index (χ2n) is 9.40. The molecule has 3 unspecified atom stereocenters. The lowest BCUT2D eigenvalue weighted by Crippen LogP contribution is -2.58. The number of hydrogen-bond donors (Lipinski definition) is 3. The maximum Gasteiger partial charge on any atom is 0.290 e. The number of Topliss-reactive ketones (excluding diaryl/α,β-unsaturated/α-hetero) is 1. The number of rotatable bonds is 13. The van der Waals surface area contributed by atoms with Gasteiger partial charge in [0.15, 0.2) is 11.5 Å². The fourth-order valence-corrected chi connectivity index (χ4v) is 5.39. The topological polar surface area (TPSA) is 155 Å². The molecule has 2 amide bonds. The summed E-state index contributed by atoms with van der Waals surface area (Å²) in [6.45, 7) is 4.42. The molecule has 3 rings (SSSR count). The van der Waals surface area contributed by atoms with Gasteiger partial charge in [0.25, 0.3) is 5.91 Å². The summed E-state index contributed by atoms with van der Waals surface area (Å²) < 4.78 is 17.5. The molecule has 0 saturated carbocycles. The molecule has 220 valence electrons. The van der Waals surface area contributed by atoms with Crippen molar-refractivity contribution in [1.29, 1.82) is 0 Å². The van der Waals surface area contributed by atoms with Crippen molar-refractivity contribution >= 4 is 46.5 Å². The van der Waals surface area contributed by atoms with Crippen LogP contribution in [-0.2, 0) is 19.1 Å². The molecular formula is C27H36IN3O9. The molecule has 1 aliphatic carbocycles. The normalized spacial score (nSPS) is 21.2. The van der Waals surface area contributed by atoms with Crippen molar-refractivity contribution < 1.29 is 43.6 Å². The zero-order chi connectivity index (χ0) is 29.2. The van der Waals surface area contributed by atoms with Gasteiger partial charge < -0.3 is 34.6 Å². The first kappa shape index (κ1) is 31.9. The predicted octanol–water partition coefficient (Wildman–Crippen LogP) is 0.168. The molecule has 1 heterocycles. The Morgan fingerprint density at radius 1 is 1.27 bits per heavy atom. The molecule has 3 N–H and O–H groups in total. The minimum atomic E-state index is -1.31. The molecule has 1 aliphatic heterocycles. The Hall–Kier alpha value is -2.59. The summed E-state index contributed by atoms with van der Waals surface area (Å²) >= 11 is 1.98. The van der Waals surface area contributed by atoms with Crippen molar-refractivity contribution in [2.45, 2.75) is 38.0 Å². The average Bonchev–Trinajstić information content (AvgIpc) is 2.97. The second kappa shape index (κ2) is 15.4. The second-order valence-corrected chi connectivity index (χ2v) is 10.6. The van der Waals surface area contributed by atoms with E-state index in [1.54, 1.807) is 13.0 Å². The van der Waals surface area contributed by atoms with E-state index in [0.717, 1.165) is 0 Å². The van der Waals surface area contributed by atoms with Crippen molar-refractivity contribution in [3.05, 3.63) is 32.9 Å². The predicted molar refractivity (Wildman–Crippen MR) is 152 cm³/mol. The molecule has 2 aliphatic rings. The minimum Gasteiger partial charge on any atom is -0.493 e. The standard InChI is InChI=1S/C27H36IN3O9/c1-3-21(34)27(37)31(6-5-30-7-10-39-11-8-30)20-14-18(26(36)29-4-9-32)15-22(24(20)35)40-25-19(28)12-17(16-33)13-23(25)38-2/h12-13,15-16,20,22,24,32,35H,3-11,14H2,1-2H3,(H,29,36). The summed E-state index contributed by atoms with van der Waals surface area (Å²) in [5.74, 6) is -1.32. The molecule has 12 nitrogen and oxygen atoms in total. The van der Waals surface area contributed by atoms with Crippen LogP contribution in [0.1, 0.15) is 30.1 Å². The first-order valence-electron chi connectivity index (χ1n) is 13.1. The van der Waals surface area contributed by atoms with Crippen LogP contribution in [-0.4, -0.2) is 122 Å². The van der Waals surface area contributed by atoms with Gasteiger partial charge in [-0.15, -0.1) is 0 Å². The number of methoxy groups -OCH3 is 1. The summed E-state index contributed by atoms with van der Waals surface area (Å²) in [6.07, 6.45) is -0.293. The van der Waals surface area contributed by atoms with Crippen LogP contribution in [0.15, 0.2) is 23.8 Å². The molecule has 1 saturated heterocycles. The zero-order valence-electron chi connectivity index (χ0n) is 22.6. The Morgan fingerprint density at radius 3 is 2.62 bits per heavy atom. The van der Waals surface area contributed by atoms with E-state index in [2.05, 4.69) is 10.2 Å². The van der Waals surface area contributed by atoms with Gasteiger partial charge in [0.05, 0.1) is 36.5 Å². The number of carbonyl (C=O) groups is 4. The lowest BCUT2D eigenvalue weighted by Gasteiger charge is -2.41. The first-order valence-corrected chi connectivity index (χ1v) is 14.2.